The average molecular weight is 533 g/mol. The molecule has 0 spiro atoms. The first-order chi connectivity index (χ1) is 18.1. The zero-order chi connectivity index (χ0) is 28.2. The highest BCUT2D eigenvalue weighted by molar-refractivity contribution is 5.88. The van der Waals surface area contributed by atoms with Crippen LogP contribution in [0.3, 0.4) is 0 Å². The van der Waals surface area contributed by atoms with Gasteiger partial charge < -0.3 is 38.3 Å². The van der Waals surface area contributed by atoms with Gasteiger partial charge in [-0.3, -0.25) is 9.59 Å². The first kappa shape index (κ1) is 28.7. The van der Waals surface area contributed by atoms with E-state index in [1.807, 2.05) is 26.0 Å². The molecule has 10 heteroatoms. The lowest BCUT2D eigenvalue weighted by Gasteiger charge is -2.39. The molecule has 0 heterocycles. The van der Waals surface area contributed by atoms with Crippen molar-refractivity contribution in [2.45, 2.75) is 45.1 Å². The Balaban J connectivity index is 2.38. The summed E-state index contributed by atoms with van der Waals surface area (Å²) in [7, 11) is 9.24. The number of carboxylic acids is 1. The van der Waals surface area contributed by atoms with Gasteiger partial charge in [0.2, 0.25) is 11.5 Å². The summed E-state index contributed by atoms with van der Waals surface area (Å²) in [6.45, 7) is 3.84. The number of carboxylic acid groups (broad SMARTS) is 1. The second kappa shape index (κ2) is 11.7. The van der Waals surface area contributed by atoms with Crippen LogP contribution in [-0.2, 0) is 27.2 Å². The van der Waals surface area contributed by atoms with Gasteiger partial charge in [0.05, 0.1) is 55.5 Å². The van der Waals surface area contributed by atoms with Crippen molar-refractivity contribution in [3.8, 4) is 45.6 Å². The Morgan fingerprint density at radius 3 is 1.71 bits per heavy atom. The normalized spacial score (nSPS) is 18.2. The Hall–Kier alpha value is -3.82. The van der Waals surface area contributed by atoms with Gasteiger partial charge in [0, 0.05) is 23.5 Å². The fourth-order valence-electron chi connectivity index (χ4n) is 5.02. The molecule has 0 radical (unpaired) electrons. The Morgan fingerprint density at radius 1 is 0.789 bits per heavy atom. The van der Waals surface area contributed by atoms with Crippen LogP contribution < -0.4 is 28.4 Å². The molecule has 0 amide bonds. The highest BCUT2D eigenvalue weighted by Gasteiger charge is 2.41. The van der Waals surface area contributed by atoms with E-state index in [2.05, 4.69) is 0 Å². The molecule has 38 heavy (non-hydrogen) atoms. The van der Waals surface area contributed by atoms with Crippen LogP contribution in [0.1, 0.15) is 37.8 Å². The number of ether oxygens (including phenoxy) is 7. The molecule has 0 aromatic heterocycles. The van der Waals surface area contributed by atoms with Crippen molar-refractivity contribution in [3.05, 3.63) is 23.3 Å². The van der Waals surface area contributed by atoms with Crippen LogP contribution in [0.25, 0.3) is 11.1 Å². The van der Waals surface area contributed by atoms with Gasteiger partial charge in [-0.1, -0.05) is 6.92 Å². The maximum Gasteiger partial charge on any atom is 0.306 e. The van der Waals surface area contributed by atoms with Crippen molar-refractivity contribution in [1.82, 2.24) is 0 Å². The fourth-order valence-corrected chi connectivity index (χ4v) is 5.02. The molecule has 0 saturated heterocycles. The fraction of sp³-hybridized carbons (Fsp3) is 0.500. The number of hydrogen-bond acceptors (Lipinski definition) is 9. The quantitative estimate of drug-likeness (QED) is 0.444. The molecule has 1 aliphatic rings. The van der Waals surface area contributed by atoms with E-state index in [0.717, 1.165) is 16.7 Å². The number of aliphatic carboxylic acids is 1. The summed E-state index contributed by atoms with van der Waals surface area (Å²) in [6, 6.07) is 3.71. The lowest BCUT2D eigenvalue weighted by atomic mass is 9.74. The topological polar surface area (TPSA) is 119 Å². The summed E-state index contributed by atoms with van der Waals surface area (Å²) in [4.78, 5) is 23.8. The molecule has 2 atom stereocenters. The van der Waals surface area contributed by atoms with Crippen molar-refractivity contribution in [1.29, 1.82) is 0 Å². The van der Waals surface area contributed by atoms with E-state index in [4.69, 9.17) is 38.3 Å². The molecule has 2 aromatic rings. The van der Waals surface area contributed by atoms with E-state index in [1.54, 1.807) is 21.3 Å². The zero-order valence-corrected chi connectivity index (χ0v) is 23.2. The van der Waals surface area contributed by atoms with Crippen LogP contribution >= 0.6 is 0 Å². The van der Waals surface area contributed by atoms with Crippen LogP contribution in [0.4, 0.5) is 0 Å². The number of methoxy groups -OCH3 is 6. The van der Waals surface area contributed by atoms with Crippen molar-refractivity contribution in [2.75, 3.05) is 42.7 Å². The number of carbonyl (C=O) groups is 2. The molecular formula is C28H36O10. The number of fused-ring (bicyclic) bond motifs is 3. The molecule has 0 saturated carbocycles. The number of carbonyl (C=O) groups excluding carboxylic acids is 1. The van der Waals surface area contributed by atoms with Crippen LogP contribution in [0.2, 0.25) is 0 Å². The summed E-state index contributed by atoms with van der Waals surface area (Å²) in [5, 5.41) is 9.03. The first-order valence-electron chi connectivity index (χ1n) is 12.2. The third-order valence-electron chi connectivity index (χ3n) is 7.07. The molecule has 1 aliphatic carbocycles. The minimum absolute atomic E-state index is 0.190. The Kier molecular flexibility index (Phi) is 8.85. The molecule has 10 nitrogen and oxygen atoms in total. The summed E-state index contributed by atoms with van der Waals surface area (Å²) in [5.74, 6) is 0.788. The van der Waals surface area contributed by atoms with E-state index in [0.29, 0.717) is 46.5 Å². The number of hydrogen-bond donors (Lipinski definition) is 1. The molecule has 0 bridgehead atoms. The van der Waals surface area contributed by atoms with Gasteiger partial charge in [-0.15, -0.1) is 0 Å². The predicted molar refractivity (Wildman–Crippen MR) is 139 cm³/mol. The highest BCUT2D eigenvalue weighted by atomic mass is 16.6. The lowest BCUT2D eigenvalue weighted by Crippen LogP contribution is -2.42. The third kappa shape index (κ3) is 5.25. The maximum atomic E-state index is 12.7. The Bertz CT molecular complexity index is 1210. The Labute approximate surface area is 222 Å². The Morgan fingerprint density at radius 2 is 1.26 bits per heavy atom. The van der Waals surface area contributed by atoms with E-state index in [-0.39, 0.29) is 25.2 Å². The monoisotopic (exact) mass is 532 g/mol. The molecule has 208 valence electrons. The van der Waals surface area contributed by atoms with Gasteiger partial charge >= 0.3 is 11.9 Å². The predicted octanol–water partition coefficient (Wildman–Crippen LogP) is 4.31. The first-order valence-corrected chi connectivity index (χ1v) is 12.2. The van der Waals surface area contributed by atoms with E-state index < -0.39 is 17.5 Å². The van der Waals surface area contributed by atoms with E-state index >= 15 is 0 Å². The molecule has 2 aromatic carbocycles. The van der Waals surface area contributed by atoms with Crippen molar-refractivity contribution >= 4 is 11.9 Å². The van der Waals surface area contributed by atoms with Gasteiger partial charge in [-0.05, 0) is 36.6 Å². The van der Waals surface area contributed by atoms with Gasteiger partial charge in [0.15, 0.2) is 23.0 Å². The molecule has 0 fully saturated rings. The van der Waals surface area contributed by atoms with Gasteiger partial charge in [-0.2, -0.15) is 0 Å². The van der Waals surface area contributed by atoms with Crippen LogP contribution in [0.5, 0.6) is 34.5 Å². The average Bonchev–Trinajstić information content (AvgIpc) is 2.89. The number of rotatable bonds is 10. The van der Waals surface area contributed by atoms with Crippen molar-refractivity contribution in [2.24, 2.45) is 5.92 Å². The number of benzene rings is 2. The minimum Gasteiger partial charge on any atom is -0.493 e. The van der Waals surface area contributed by atoms with Gasteiger partial charge in [-0.25, -0.2) is 0 Å². The number of esters is 1. The van der Waals surface area contributed by atoms with E-state index in [1.165, 1.54) is 21.3 Å². The summed E-state index contributed by atoms with van der Waals surface area (Å²) >= 11 is 0. The third-order valence-corrected chi connectivity index (χ3v) is 7.07. The molecule has 1 N–H and O–H groups in total. The van der Waals surface area contributed by atoms with Crippen molar-refractivity contribution < 1.29 is 47.9 Å². The standard InChI is InChI=1S/C28H36O10/c1-15-11-16-12-18(32-3)24(34-5)26(36-7)22(16)23-17(13-19(33-4)25(35-6)27(23)37-8)14-28(15,2)38-21(31)10-9-20(29)30/h12-13,15H,9-11,14H2,1-8H3,(H,29,30)/t15-,28-/m0/s1. The minimum atomic E-state index is -1.06. The van der Waals surface area contributed by atoms with Crippen molar-refractivity contribution in [3.63, 3.8) is 0 Å². The summed E-state index contributed by atoms with van der Waals surface area (Å²) < 4.78 is 40.4. The zero-order valence-electron chi connectivity index (χ0n) is 23.2. The molecule has 3 rings (SSSR count). The second-order valence-corrected chi connectivity index (χ2v) is 9.32. The van der Waals surface area contributed by atoms with Gasteiger partial charge in [0.1, 0.15) is 5.60 Å². The molecule has 0 aliphatic heterocycles. The SMILES string of the molecule is COc1cc2c(c(OC)c1OC)-c1c(cc(OC)c(OC)c1OC)C[C@](C)(OC(=O)CCC(=O)O)[C@@H](C)C2. The second-order valence-electron chi connectivity index (χ2n) is 9.32. The van der Waals surface area contributed by atoms with Crippen LogP contribution in [0.15, 0.2) is 12.1 Å². The summed E-state index contributed by atoms with van der Waals surface area (Å²) in [6.07, 6.45) is 0.229. The lowest BCUT2D eigenvalue weighted by molar-refractivity contribution is -0.165. The van der Waals surface area contributed by atoms with Crippen LogP contribution in [0, 0.1) is 5.92 Å². The van der Waals surface area contributed by atoms with Crippen LogP contribution in [-0.4, -0.2) is 65.3 Å². The van der Waals surface area contributed by atoms with E-state index in [9.17, 15) is 9.59 Å². The van der Waals surface area contributed by atoms with Gasteiger partial charge in [0.25, 0.3) is 0 Å². The summed E-state index contributed by atoms with van der Waals surface area (Å²) in [5.41, 5.74) is 2.03. The molecular weight excluding hydrogens is 496 g/mol. The largest absolute Gasteiger partial charge is 0.493 e. The smallest absolute Gasteiger partial charge is 0.306 e. The highest BCUT2D eigenvalue weighted by Crippen LogP contribution is 2.56. The molecule has 0 unspecified atom stereocenters. The maximum absolute atomic E-state index is 12.7.